The molecule has 1 aromatic carbocycles. The molecule has 0 bridgehead atoms. The van der Waals surface area contributed by atoms with Gasteiger partial charge in [0.25, 0.3) is 0 Å². The van der Waals surface area contributed by atoms with Crippen LogP contribution in [-0.2, 0) is 11.2 Å². The van der Waals surface area contributed by atoms with Gasteiger partial charge in [-0.1, -0.05) is 6.92 Å². The molecule has 4 rings (SSSR count). The van der Waals surface area contributed by atoms with Gasteiger partial charge in [0, 0.05) is 36.8 Å². The van der Waals surface area contributed by atoms with Gasteiger partial charge in [0.2, 0.25) is 5.91 Å². The molecule has 1 N–H and O–H groups in total. The normalized spacial score (nSPS) is 12.4. The lowest BCUT2D eigenvalue weighted by molar-refractivity contribution is -0.121. The quantitative estimate of drug-likeness (QED) is 0.523. The zero-order valence-electron chi connectivity index (χ0n) is 16.8. The van der Waals surface area contributed by atoms with Gasteiger partial charge in [-0.2, -0.15) is 5.10 Å². The van der Waals surface area contributed by atoms with Gasteiger partial charge in [0.1, 0.15) is 17.1 Å². The lowest BCUT2D eigenvalue weighted by atomic mass is 10.1. The number of benzene rings is 1. The number of hydrogen-bond donors (Lipinski definition) is 1. The summed E-state index contributed by atoms with van der Waals surface area (Å²) in [7, 11) is 1.65. The third-order valence-corrected chi connectivity index (χ3v) is 5.07. The summed E-state index contributed by atoms with van der Waals surface area (Å²) in [5, 5.41) is 16.3. The fourth-order valence-corrected chi connectivity index (χ4v) is 3.21. The van der Waals surface area contributed by atoms with Gasteiger partial charge in [-0.15, -0.1) is 10.2 Å². The number of nitrogens with zero attached hydrogens (tertiary/aromatic N) is 5. The number of hydrogen-bond acceptors (Lipinski definition) is 5. The number of ether oxygens (including phenoxy) is 1. The number of carbonyl (C=O) groups excluding carboxylic acids is 1. The van der Waals surface area contributed by atoms with Crippen molar-refractivity contribution in [2.24, 2.45) is 0 Å². The highest BCUT2D eigenvalue weighted by Crippen LogP contribution is 2.24. The van der Waals surface area contributed by atoms with Crippen molar-refractivity contribution in [2.45, 2.75) is 39.2 Å². The number of amides is 1. The van der Waals surface area contributed by atoms with Crippen molar-refractivity contribution in [1.29, 1.82) is 0 Å². The van der Waals surface area contributed by atoms with E-state index < -0.39 is 0 Å². The highest BCUT2D eigenvalue weighted by molar-refractivity contribution is 5.77. The van der Waals surface area contributed by atoms with Crippen LogP contribution in [0.25, 0.3) is 22.4 Å². The van der Waals surface area contributed by atoms with E-state index in [9.17, 15) is 4.79 Å². The molecule has 0 saturated heterocycles. The van der Waals surface area contributed by atoms with Gasteiger partial charge in [0.05, 0.1) is 12.8 Å². The van der Waals surface area contributed by atoms with Crippen molar-refractivity contribution in [2.75, 3.05) is 7.11 Å². The van der Waals surface area contributed by atoms with E-state index in [0.717, 1.165) is 40.4 Å². The Labute approximate surface area is 168 Å². The highest BCUT2D eigenvalue weighted by Gasteiger charge is 2.14. The predicted molar refractivity (Wildman–Crippen MR) is 110 cm³/mol. The van der Waals surface area contributed by atoms with E-state index in [1.807, 2.05) is 61.0 Å². The monoisotopic (exact) mass is 392 g/mol. The molecule has 0 fully saturated rings. The number of aromatic nitrogens is 5. The standard InChI is InChI=1S/C21H24N6O2/c1-4-14(2)22-20(28)10-9-19-23-24-21-18-13-17(25-27(18)12-11-26(19)21)15-5-7-16(29-3)8-6-15/h5-8,11-14H,4,9-10H2,1-3H3,(H,22,28)/t14-/m0/s1. The van der Waals surface area contributed by atoms with Crippen molar-refractivity contribution in [3.63, 3.8) is 0 Å². The number of rotatable bonds is 7. The molecule has 29 heavy (non-hydrogen) atoms. The van der Waals surface area contributed by atoms with Gasteiger partial charge in [0.15, 0.2) is 5.65 Å². The van der Waals surface area contributed by atoms with Gasteiger partial charge >= 0.3 is 0 Å². The summed E-state index contributed by atoms with van der Waals surface area (Å²) in [6.07, 6.45) is 5.58. The second-order valence-corrected chi connectivity index (χ2v) is 7.07. The van der Waals surface area contributed by atoms with Gasteiger partial charge in [-0.05, 0) is 43.7 Å². The second-order valence-electron chi connectivity index (χ2n) is 7.07. The third kappa shape index (κ3) is 3.78. The van der Waals surface area contributed by atoms with Crippen molar-refractivity contribution in [3.8, 4) is 17.0 Å². The molecule has 8 nitrogen and oxygen atoms in total. The van der Waals surface area contributed by atoms with Gasteiger partial charge < -0.3 is 10.1 Å². The fraction of sp³-hybridized carbons (Fsp3) is 0.333. The van der Waals surface area contributed by atoms with Crippen LogP contribution in [0.4, 0.5) is 0 Å². The molecule has 0 aliphatic heterocycles. The Kier molecular flexibility index (Phi) is 5.16. The van der Waals surface area contributed by atoms with Crippen LogP contribution in [0, 0.1) is 0 Å². The van der Waals surface area contributed by atoms with Crippen molar-refractivity contribution < 1.29 is 9.53 Å². The van der Waals surface area contributed by atoms with Crippen LogP contribution in [0.3, 0.4) is 0 Å². The number of carbonyl (C=O) groups is 1. The summed E-state index contributed by atoms with van der Waals surface area (Å²) >= 11 is 0. The summed E-state index contributed by atoms with van der Waals surface area (Å²) in [6.45, 7) is 4.05. The largest absolute Gasteiger partial charge is 0.497 e. The summed E-state index contributed by atoms with van der Waals surface area (Å²) in [6, 6.07) is 9.95. The molecule has 3 aromatic heterocycles. The summed E-state index contributed by atoms with van der Waals surface area (Å²) in [5.74, 6) is 1.59. The first kappa shape index (κ1) is 18.9. The maximum atomic E-state index is 12.1. The first-order valence-corrected chi connectivity index (χ1v) is 9.75. The van der Waals surface area contributed by atoms with Crippen LogP contribution < -0.4 is 10.1 Å². The van der Waals surface area contributed by atoms with Crippen LogP contribution >= 0.6 is 0 Å². The lowest BCUT2D eigenvalue weighted by Gasteiger charge is -2.10. The van der Waals surface area contributed by atoms with E-state index in [4.69, 9.17) is 4.74 Å². The smallest absolute Gasteiger partial charge is 0.220 e. The minimum atomic E-state index is 0.0309. The molecule has 0 aliphatic carbocycles. The first-order valence-electron chi connectivity index (χ1n) is 9.75. The van der Waals surface area contributed by atoms with Gasteiger partial charge in [-0.25, -0.2) is 4.52 Å². The zero-order valence-corrected chi connectivity index (χ0v) is 16.8. The SMILES string of the molecule is CC[C@H](C)NC(=O)CCc1nnc2c3cc(-c4ccc(OC)cc4)nn3ccn12. The lowest BCUT2D eigenvalue weighted by Crippen LogP contribution is -2.32. The molecule has 4 aromatic rings. The molecule has 0 aliphatic rings. The Morgan fingerprint density at radius 3 is 2.72 bits per heavy atom. The number of aryl methyl sites for hydroxylation is 1. The minimum absolute atomic E-state index is 0.0309. The van der Waals surface area contributed by atoms with Crippen LogP contribution in [0.5, 0.6) is 5.75 Å². The maximum Gasteiger partial charge on any atom is 0.220 e. The molecular formula is C21H24N6O2. The number of nitrogens with one attached hydrogen (secondary N) is 1. The van der Waals surface area contributed by atoms with E-state index in [0.29, 0.717) is 12.8 Å². The van der Waals surface area contributed by atoms with E-state index in [-0.39, 0.29) is 11.9 Å². The van der Waals surface area contributed by atoms with Crippen LogP contribution in [0.1, 0.15) is 32.5 Å². The molecule has 0 unspecified atom stereocenters. The Bertz CT molecular complexity index is 1150. The van der Waals surface area contributed by atoms with E-state index >= 15 is 0 Å². The maximum absolute atomic E-state index is 12.1. The van der Waals surface area contributed by atoms with Crippen LogP contribution in [0.2, 0.25) is 0 Å². The van der Waals surface area contributed by atoms with Crippen molar-refractivity contribution in [3.05, 3.63) is 48.5 Å². The number of fused-ring (bicyclic) bond motifs is 3. The Balaban J connectivity index is 1.59. The molecule has 0 radical (unpaired) electrons. The molecule has 1 amide bonds. The molecule has 150 valence electrons. The average molecular weight is 392 g/mol. The van der Waals surface area contributed by atoms with Crippen LogP contribution in [-0.4, -0.2) is 43.3 Å². The topological polar surface area (TPSA) is 85.8 Å². The molecule has 0 saturated carbocycles. The van der Waals surface area contributed by atoms with E-state index in [1.54, 1.807) is 11.6 Å². The molecule has 8 heteroatoms. The van der Waals surface area contributed by atoms with Crippen molar-refractivity contribution in [1.82, 2.24) is 29.5 Å². The van der Waals surface area contributed by atoms with Gasteiger partial charge in [-0.3, -0.25) is 9.20 Å². The van der Waals surface area contributed by atoms with E-state index in [1.165, 1.54) is 0 Å². The Morgan fingerprint density at radius 2 is 2.00 bits per heavy atom. The number of methoxy groups -OCH3 is 1. The zero-order chi connectivity index (χ0) is 20.4. The Hall–Kier alpha value is -3.42. The highest BCUT2D eigenvalue weighted by atomic mass is 16.5. The summed E-state index contributed by atoms with van der Waals surface area (Å²) in [4.78, 5) is 12.1. The predicted octanol–water partition coefficient (Wildman–Crippen LogP) is 2.90. The Morgan fingerprint density at radius 1 is 1.21 bits per heavy atom. The average Bonchev–Trinajstić information content (AvgIpc) is 3.36. The second kappa shape index (κ2) is 7.90. The summed E-state index contributed by atoms with van der Waals surface area (Å²) < 4.78 is 8.93. The third-order valence-electron chi connectivity index (χ3n) is 5.07. The molecule has 1 atom stereocenters. The minimum Gasteiger partial charge on any atom is -0.497 e. The molecule has 0 spiro atoms. The summed E-state index contributed by atoms with van der Waals surface area (Å²) in [5.41, 5.74) is 3.42. The fourth-order valence-electron chi connectivity index (χ4n) is 3.21. The van der Waals surface area contributed by atoms with E-state index in [2.05, 4.69) is 20.6 Å². The van der Waals surface area contributed by atoms with Crippen LogP contribution in [0.15, 0.2) is 42.7 Å². The van der Waals surface area contributed by atoms with Crippen molar-refractivity contribution >= 4 is 17.1 Å². The molecular weight excluding hydrogens is 368 g/mol. The molecule has 3 heterocycles. The first-order chi connectivity index (χ1) is 14.1.